The lowest BCUT2D eigenvalue weighted by Crippen LogP contribution is -2.64. The van der Waals surface area contributed by atoms with Gasteiger partial charge in [-0.2, -0.15) is 0 Å². The molecular formula is C10H21O10P. The van der Waals surface area contributed by atoms with E-state index < -0.39 is 50.0 Å². The average molecular weight is 332 g/mol. The first-order valence-electron chi connectivity index (χ1n) is 6.15. The Morgan fingerprint density at radius 3 is 1.62 bits per heavy atom. The van der Waals surface area contributed by atoms with E-state index in [1.807, 2.05) is 0 Å². The zero-order valence-electron chi connectivity index (χ0n) is 11.7. The zero-order chi connectivity index (χ0) is 16.6. The Morgan fingerprint density at radius 2 is 1.24 bits per heavy atom. The second kappa shape index (κ2) is 6.55. The van der Waals surface area contributed by atoms with Crippen molar-refractivity contribution >= 4 is 7.82 Å². The molecule has 0 heterocycles. The van der Waals surface area contributed by atoms with Crippen LogP contribution < -0.4 is 0 Å². The molecule has 0 aliphatic heterocycles. The van der Waals surface area contributed by atoms with Gasteiger partial charge in [0.15, 0.2) is 6.10 Å². The normalized spacial score (nSPS) is 40.8. The summed E-state index contributed by atoms with van der Waals surface area (Å²) in [5.74, 6) is 0. The fourth-order valence-corrected chi connectivity index (χ4v) is 2.71. The van der Waals surface area contributed by atoms with Gasteiger partial charge >= 0.3 is 7.82 Å². The molecule has 6 unspecified atom stereocenters. The summed E-state index contributed by atoms with van der Waals surface area (Å²) in [5.41, 5.74) is -1.04. The summed E-state index contributed by atoms with van der Waals surface area (Å²) < 4.78 is 20.4. The molecule has 1 saturated carbocycles. The smallest absolute Gasteiger partial charge is 0.387 e. The molecule has 0 spiro atoms. The first-order chi connectivity index (χ1) is 9.36. The van der Waals surface area contributed by atoms with E-state index in [1.54, 1.807) is 0 Å². The second-order valence-corrected chi connectivity index (χ2v) is 7.03. The molecule has 0 bridgehead atoms. The molecule has 0 aromatic carbocycles. The van der Waals surface area contributed by atoms with E-state index in [-0.39, 0.29) is 0 Å². The summed E-state index contributed by atoms with van der Waals surface area (Å²) in [7, 11) is -4.66. The van der Waals surface area contributed by atoms with E-state index in [1.165, 1.54) is 20.8 Å². The highest BCUT2D eigenvalue weighted by molar-refractivity contribution is 7.47. The lowest BCUT2D eigenvalue weighted by Gasteiger charge is -2.40. The van der Waals surface area contributed by atoms with Crippen molar-refractivity contribution in [2.24, 2.45) is 0 Å². The molecule has 11 heteroatoms. The van der Waals surface area contributed by atoms with Crippen LogP contribution in [-0.4, -0.2) is 72.7 Å². The molecule has 1 aliphatic carbocycles. The van der Waals surface area contributed by atoms with Crippen LogP contribution in [0.3, 0.4) is 0 Å². The third-order valence-electron chi connectivity index (χ3n) is 2.71. The van der Waals surface area contributed by atoms with Crippen LogP contribution >= 0.6 is 7.82 Å². The van der Waals surface area contributed by atoms with Crippen molar-refractivity contribution < 1.29 is 49.1 Å². The lowest BCUT2D eigenvalue weighted by molar-refractivity contribution is -0.335. The van der Waals surface area contributed by atoms with Gasteiger partial charge in [0.2, 0.25) is 0 Å². The van der Waals surface area contributed by atoms with E-state index in [0.717, 1.165) is 0 Å². The van der Waals surface area contributed by atoms with Gasteiger partial charge in [0, 0.05) is 0 Å². The first kappa shape index (κ1) is 18.9. The van der Waals surface area contributed by atoms with Crippen LogP contribution in [0.25, 0.3) is 0 Å². The van der Waals surface area contributed by atoms with E-state index in [9.17, 15) is 35.0 Å². The molecule has 1 aliphatic rings. The van der Waals surface area contributed by atoms with Crippen molar-refractivity contribution in [1.29, 1.82) is 0 Å². The molecule has 0 radical (unpaired) electrons. The molecule has 0 aromatic heterocycles. The van der Waals surface area contributed by atoms with Gasteiger partial charge in [-0.05, 0) is 20.8 Å². The molecule has 126 valence electrons. The minimum Gasteiger partial charge on any atom is -0.387 e. The molecular weight excluding hydrogens is 311 g/mol. The van der Waals surface area contributed by atoms with Crippen molar-refractivity contribution in [3.63, 3.8) is 0 Å². The highest BCUT2D eigenvalue weighted by atomic mass is 31.2. The maximum Gasteiger partial charge on any atom is 0.500 e. The number of aliphatic hydroxyl groups is 5. The summed E-state index contributed by atoms with van der Waals surface area (Å²) >= 11 is 0. The van der Waals surface area contributed by atoms with E-state index in [4.69, 9.17) is 0 Å². The largest absolute Gasteiger partial charge is 0.500 e. The van der Waals surface area contributed by atoms with E-state index >= 15 is 0 Å². The van der Waals surface area contributed by atoms with Gasteiger partial charge in [0.25, 0.3) is 0 Å². The van der Waals surface area contributed by atoms with Gasteiger partial charge < -0.3 is 30.4 Å². The molecule has 1 fully saturated rings. The highest BCUT2D eigenvalue weighted by Crippen LogP contribution is 2.48. The summed E-state index contributed by atoms with van der Waals surface area (Å²) in [6.45, 7) is 4.44. The minimum atomic E-state index is -4.66. The zero-order valence-corrected chi connectivity index (χ0v) is 12.6. The Bertz CT molecular complexity index is 380. The molecule has 21 heavy (non-hydrogen) atoms. The predicted octanol–water partition coefficient (Wildman–Crippen LogP) is -1.96. The number of phosphoric ester groups is 1. The Labute approximate surface area is 121 Å². The molecule has 10 nitrogen and oxygen atoms in total. The molecule has 6 N–H and O–H groups in total. The number of phosphoric acid groups is 1. The van der Waals surface area contributed by atoms with Gasteiger partial charge in [-0.3, -0.25) is 4.52 Å². The Hall–Kier alpha value is -0.130. The Kier molecular flexibility index (Phi) is 5.90. The van der Waals surface area contributed by atoms with Gasteiger partial charge in [0.1, 0.15) is 30.5 Å². The summed E-state index contributed by atoms with van der Waals surface area (Å²) in [5, 5.41) is 47.5. The standard InChI is InChI=1S/C10H21O10P/c1-10(2,3)19-21(16,17)20-18-9-7(14)5(12)4(11)6(13)8(9)15/h4-9,11-15H,1-3H3,(H,16,17)/t4?,5?,6?,7-,8?,9?/m0/s1. The summed E-state index contributed by atoms with van der Waals surface area (Å²) in [6.07, 6.45) is -10.9. The van der Waals surface area contributed by atoms with Crippen molar-refractivity contribution in [3.05, 3.63) is 0 Å². The number of rotatable bonds is 4. The van der Waals surface area contributed by atoms with Crippen LogP contribution in [0.5, 0.6) is 0 Å². The van der Waals surface area contributed by atoms with Gasteiger partial charge in [-0.15, -0.1) is 4.67 Å². The average Bonchev–Trinajstić information content (AvgIpc) is 2.31. The third kappa shape index (κ3) is 4.93. The molecule has 0 aromatic rings. The van der Waals surface area contributed by atoms with Crippen molar-refractivity contribution in [2.45, 2.75) is 63.0 Å². The third-order valence-corrected chi connectivity index (χ3v) is 3.76. The lowest BCUT2D eigenvalue weighted by atomic mass is 9.85. The van der Waals surface area contributed by atoms with Crippen molar-refractivity contribution in [1.82, 2.24) is 0 Å². The summed E-state index contributed by atoms with van der Waals surface area (Å²) in [4.78, 5) is 13.8. The van der Waals surface area contributed by atoms with Crippen LogP contribution in [0.4, 0.5) is 0 Å². The maximum absolute atomic E-state index is 11.6. The quantitative estimate of drug-likeness (QED) is 0.193. The van der Waals surface area contributed by atoms with Crippen LogP contribution in [0.2, 0.25) is 0 Å². The van der Waals surface area contributed by atoms with Gasteiger partial charge in [0.05, 0.1) is 5.60 Å². The van der Waals surface area contributed by atoms with Crippen LogP contribution in [-0.2, 0) is 18.7 Å². The topological polar surface area (TPSA) is 166 Å². The maximum atomic E-state index is 11.6. The molecule has 1 rings (SSSR count). The minimum absolute atomic E-state index is 1.04. The highest BCUT2D eigenvalue weighted by Gasteiger charge is 2.50. The number of aliphatic hydroxyl groups excluding tert-OH is 5. The SMILES string of the molecule is CC(C)(C)OP(=O)(O)OOC1C(O)C(O)C(O)C(O)[C@@H]1O. The van der Waals surface area contributed by atoms with Crippen molar-refractivity contribution in [2.75, 3.05) is 0 Å². The fourth-order valence-electron chi connectivity index (χ4n) is 1.78. The van der Waals surface area contributed by atoms with E-state index in [0.29, 0.717) is 0 Å². The first-order valence-corrected chi connectivity index (χ1v) is 7.64. The monoisotopic (exact) mass is 332 g/mol. The molecule has 0 amide bonds. The predicted molar refractivity (Wildman–Crippen MR) is 66.7 cm³/mol. The van der Waals surface area contributed by atoms with Gasteiger partial charge in [-0.25, -0.2) is 9.45 Å². The molecule has 7 atom stereocenters. The van der Waals surface area contributed by atoms with Crippen LogP contribution in [0.1, 0.15) is 20.8 Å². The fraction of sp³-hybridized carbons (Fsp3) is 1.00. The number of hydrogen-bond acceptors (Lipinski definition) is 9. The number of hydrogen-bond donors (Lipinski definition) is 6. The molecule has 0 saturated heterocycles. The van der Waals surface area contributed by atoms with Crippen LogP contribution in [0.15, 0.2) is 0 Å². The second-order valence-electron chi connectivity index (χ2n) is 5.76. The summed E-state index contributed by atoms with van der Waals surface area (Å²) in [6, 6.07) is 0. The Morgan fingerprint density at radius 1 is 0.857 bits per heavy atom. The van der Waals surface area contributed by atoms with E-state index in [2.05, 4.69) is 14.1 Å². The van der Waals surface area contributed by atoms with Crippen molar-refractivity contribution in [3.8, 4) is 0 Å². The van der Waals surface area contributed by atoms with Gasteiger partial charge in [-0.1, -0.05) is 0 Å². The van der Waals surface area contributed by atoms with Crippen LogP contribution in [0, 0.1) is 0 Å². The Balaban J connectivity index is 2.71.